The fourth-order valence-electron chi connectivity index (χ4n) is 2.29. The molecule has 1 aromatic rings. The Morgan fingerprint density at radius 2 is 1.56 bits per heavy atom. The maximum absolute atomic E-state index is 5.87. The average Bonchev–Trinajstić information content (AvgIpc) is 2.14. The van der Waals surface area contributed by atoms with Crippen LogP contribution in [0.4, 0.5) is 5.69 Å². The van der Waals surface area contributed by atoms with Crippen LogP contribution >= 0.6 is 0 Å². The first-order valence-corrected chi connectivity index (χ1v) is 5.88. The summed E-state index contributed by atoms with van der Waals surface area (Å²) in [7, 11) is 2.12. The normalized spacial score (nSPS) is 12.7. The fraction of sp³-hybridized carbons (Fsp3) is 0.571. The van der Waals surface area contributed by atoms with E-state index in [9.17, 15) is 0 Å². The number of benzene rings is 1. The second-order valence-electron chi connectivity index (χ2n) is 4.97. The summed E-state index contributed by atoms with van der Waals surface area (Å²) in [6.07, 6.45) is 0. The highest BCUT2D eigenvalue weighted by Crippen LogP contribution is 2.29. The van der Waals surface area contributed by atoms with E-state index in [0.29, 0.717) is 0 Å². The molecule has 0 aromatic heterocycles. The molecule has 1 rings (SSSR count). The number of nitrogens with two attached hydrogens (primary N) is 1. The summed E-state index contributed by atoms with van der Waals surface area (Å²) in [5.74, 6) is 0. The number of anilines is 1. The van der Waals surface area contributed by atoms with Crippen LogP contribution in [0.3, 0.4) is 0 Å². The summed E-state index contributed by atoms with van der Waals surface area (Å²) in [5, 5.41) is 0. The van der Waals surface area contributed by atoms with Crippen molar-refractivity contribution < 1.29 is 0 Å². The van der Waals surface area contributed by atoms with Crippen LogP contribution in [0.25, 0.3) is 0 Å². The Bertz CT molecular complexity index is 355. The molecular formula is C14H24N2. The Kier molecular flexibility index (Phi) is 3.98. The van der Waals surface area contributed by atoms with Crippen LogP contribution in [-0.4, -0.2) is 19.6 Å². The van der Waals surface area contributed by atoms with Crippen molar-refractivity contribution in [2.75, 3.05) is 18.5 Å². The highest BCUT2D eigenvalue weighted by molar-refractivity contribution is 5.63. The lowest BCUT2D eigenvalue weighted by Crippen LogP contribution is -2.33. The molecule has 2 nitrogen and oxygen atoms in total. The molecule has 0 saturated carbocycles. The Hall–Kier alpha value is -1.02. The van der Waals surface area contributed by atoms with Crippen LogP contribution in [0.5, 0.6) is 0 Å². The van der Waals surface area contributed by atoms with Crippen LogP contribution in [0.15, 0.2) is 6.07 Å². The van der Waals surface area contributed by atoms with Crippen LogP contribution in [0.2, 0.25) is 0 Å². The summed E-state index contributed by atoms with van der Waals surface area (Å²) >= 11 is 0. The van der Waals surface area contributed by atoms with E-state index < -0.39 is 0 Å². The van der Waals surface area contributed by atoms with Gasteiger partial charge < -0.3 is 10.6 Å². The van der Waals surface area contributed by atoms with Crippen molar-refractivity contribution in [3.05, 3.63) is 28.3 Å². The predicted octanol–water partition coefficient (Wildman–Crippen LogP) is 2.70. The molecule has 0 aliphatic heterocycles. The third-order valence-electron chi connectivity index (χ3n) is 3.27. The van der Waals surface area contributed by atoms with Gasteiger partial charge >= 0.3 is 0 Å². The first-order valence-electron chi connectivity index (χ1n) is 5.88. The van der Waals surface area contributed by atoms with E-state index in [1.807, 2.05) is 6.92 Å². The van der Waals surface area contributed by atoms with E-state index in [4.69, 9.17) is 5.73 Å². The minimum absolute atomic E-state index is 0.199. The van der Waals surface area contributed by atoms with Crippen molar-refractivity contribution >= 4 is 5.69 Å². The quantitative estimate of drug-likeness (QED) is 0.848. The summed E-state index contributed by atoms with van der Waals surface area (Å²) in [5.41, 5.74) is 12.7. The summed E-state index contributed by atoms with van der Waals surface area (Å²) < 4.78 is 0. The number of rotatable bonds is 3. The van der Waals surface area contributed by atoms with Crippen molar-refractivity contribution in [3.63, 3.8) is 0 Å². The van der Waals surface area contributed by atoms with Gasteiger partial charge in [-0.25, -0.2) is 0 Å². The van der Waals surface area contributed by atoms with Gasteiger partial charge in [0, 0.05) is 25.3 Å². The second-order valence-corrected chi connectivity index (χ2v) is 4.97. The van der Waals surface area contributed by atoms with Gasteiger partial charge in [-0.1, -0.05) is 6.07 Å². The Morgan fingerprint density at radius 3 is 1.94 bits per heavy atom. The highest BCUT2D eigenvalue weighted by atomic mass is 15.1. The summed E-state index contributed by atoms with van der Waals surface area (Å²) in [6.45, 7) is 11.7. The average molecular weight is 220 g/mol. The van der Waals surface area contributed by atoms with Crippen molar-refractivity contribution in [2.24, 2.45) is 5.73 Å². The molecule has 0 amide bonds. The molecule has 0 fully saturated rings. The highest BCUT2D eigenvalue weighted by Gasteiger charge is 2.13. The number of hydrogen-bond donors (Lipinski definition) is 1. The zero-order chi connectivity index (χ0) is 12.5. The Balaban J connectivity index is 3.21. The summed E-state index contributed by atoms with van der Waals surface area (Å²) in [6, 6.07) is 2.46. The first kappa shape index (κ1) is 13.0. The fourth-order valence-corrected chi connectivity index (χ4v) is 2.29. The zero-order valence-electron chi connectivity index (χ0n) is 11.4. The van der Waals surface area contributed by atoms with Crippen LogP contribution in [-0.2, 0) is 0 Å². The lowest BCUT2D eigenvalue weighted by atomic mass is 9.98. The van der Waals surface area contributed by atoms with Gasteiger partial charge in [0.05, 0.1) is 0 Å². The zero-order valence-corrected chi connectivity index (χ0v) is 11.4. The molecule has 16 heavy (non-hydrogen) atoms. The number of aryl methyl sites for hydroxylation is 2. The maximum atomic E-state index is 5.87. The molecule has 1 aromatic carbocycles. The molecule has 90 valence electrons. The van der Waals surface area contributed by atoms with E-state index in [2.05, 4.69) is 45.7 Å². The smallest absolute Gasteiger partial charge is 0.0428 e. The van der Waals surface area contributed by atoms with Gasteiger partial charge in [0.1, 0.15) is 0 Å². The van der Waals surface area contributed by atoms with E-state index in [-0.39, 0.29) is 6.04 Å². The molecule has 0 saturated heterocycles. The minimum Gasteiger partial charge on any atom is -0.373 e. The number of nitrogens with zero attached hydrogens (tertiary/aromatic N) is 1. The third kappa shape index (κ3) is 2.56. The van der Waals surface area contributed by atoms with Crippen molar-refractivity contribution in [1.82, 2.24) is 0 Å². The molecular weight excluding hydrogens is 196 g/mol. The van der Waals surface area contributed by atoms with Gasteiger partial charge in [0.25, 0.3) is 0 Å². The first-order chi connectivity index (χ1) is 7.34. The monoisotopic (exact) mass is 220 g/mol. The van der Waals surface area contributed by atoms with E-state index >= 15 is 0 Å². The minimum atomic E-state index is 0.199. The topological polar surface area (TPSA) is 29.3 Å². The molecule has 0 heterocycles. The molecule has 0 radical (unpaired) electrons. The van der Waals surface area contributed by atoms with Crippen LogP contribution in [0, 0.1) is 27.7 Å². The Labute approximate surface area is 99.5 Å². The summed E-state index contributed by atoms with van der Waals surface area (Å²) in [4.78, 5) is 2.27. The second kappa shape index (κ2) is 4.88. The maximum Gasteiger partial charge on any atom is 0.0428 e. The Morgan fingerprint density at radius 1 is 1.12 bits per heavy atom. The molecule has 1 unspecified atom stereocenters. The lowest BCUT2D eigenvalue weighted by Gasteiger charge is -2.27. The van der Waals surface area contributed by atoms with Crippen molar-refractivity contribution in [1.29, 1.82) is 0 Å². The molecule has 2 heteroatoms. The van der Waals surface area contributed by atoms with Gasteiger partial charge in [-0.2, -0.15) is 0 Å². The van der Waals surface area contributed by atoms with E-state index in [0.717, 1.165) is 6.54 Å². The van der Waals surface area contributed by atoms with Gasteiger partial charge in [-0.15, -0.1) is 0 Å². The van der Waals surface area contributed by atoms with Crippen molar-refractivity contribution in [2.45, 2.75) is 40.7 Å². The van der Waals surface area contributed by atoms with Gasteiger partial charge in [0.15, 0.2) is 0 Å². The van der Waals surface area contributed by atoms with Crippen molar-refractivity contribution in [3.8, 4) is 0 Å². The largest absolute Gasteiger partial charge is 0.373 e. The van der Waals surface area contributed by atoms with E-state index in [1.54, 1.807) is 0 Å². The van der Waals surface area contributed by atoms with Gasteiger partial charge in [-0.05, 0) is 56.9 Å². The lowest BCUT2D eigenvalue weighted by molar-refractivity contribution is 0.715. The predicted molar refractivity (Wildman–Crippen MR) is 72.3 cm³/mol. The molecule has 0 spiro atoms. The molecule has 2 N–H and O–H groups in total. The van der Waals surface area contributed by atoms with Gasteiger partial charge in [-0.3, -0.25) is 0 Å². The SMILES string of the molecule is Cc1cc(C)c(C)c(N(C)CC(C)N)c1C. The molecule has 0 bridgehead atoms. The van der Waals surface area contributed by atoms with Gasteiger partial charge in [0.2, 0.25) is 0 Å². The molecule has 0 aliphatic carbocycles. The molecule has 1 atom stereocenters. The number of likely N-dealkylation sites (N-methyl/N-ethyl adjacent to an activating group) is 1. The van der Waals surface area contributed by atoms with E-state index in [1.165, 1.54) is 27.9 Å². The number of hydrogen-bond acceptors (Lipinski definition) is 2. The third-order valence-corrected chi connectivity index (χ3v) is 3.27. The molecule has 0 aliphatic rings. The standard InChI is InChI=1S/C14H24N2/c1-9-7-10(2)13(5)14(12(9)4)16(6)8-11(3)15/h7,11H,8,15H2,1-6H3. The van der Waals surface area contributed by atoms with Crippen LogP contribution in [0.1, 0.15) is 29.2 Å². The van der Waals surface area contributed by atoms with Crippen LogP contribution < -0.4 is 10.6 Å².